The molecule has 5 heteroatoms. The molecule has 0 bridgehead atoms. The van der Waals surface area contributed by atoms with Crippen LogP contribution in [0.2, 0.25) is 0 Å². The van der Waals surface area contributed by atoms with Gasteiger partial charge in [-0.15, -0.1) is 0 Å². The Morgan fingerprint density at radius 1 is 0.812 bits per heavy atom. The molecule has 160 valence electrons. The average molecular weight is 425 g/mol. The third kappa shape index (κ3) is 5.32. The summed E-state index contributed by atoms with van der Waals surface area (Å²) in [5, 5.41) is 8.11. The van der Waals surface area contributed by atoms with E-state index in [-0.39, 0.29) is 24.5 Å². The zero-order valence-corrected chi connectivity index (χ0v) is 17.7. The zero-order chi connectivity index (χ0) is 22.3. The number of ether oxygens (including phenoxy) is 1. The summed E-state index contributed by atoms with van der Waals surface area (Å²) in [5.41, 5.74) is 2.28. The number of benzene rings is 4. The van der Waals surface area contributed by atoms with Crippen LogP contribution in [-0.4, -0.2) is 18.4 Å². The maximum Gasteiger partial charge on any atom is 0.258 e. The molecule has 0 unspecified atom stereocenters. The van der Waals surface area contributed by atoms with Gasteiger partial charge in [0.25, 0.3) is 11.8 Å². The summed E-state index contributed by atoms with van der Waals surface area (Å²) >= 11 is 0. The van der Waals surface area contributed by atoms with Crippen molar-refractivity contribution in [2.24, 2.45) is 0 Å². The summed E-state index contributed by atoms with van der Waals surface area (Å²) in [4.78, 5) is 24.6. The van der Waals surface area contributed by atoms with Gasteiger partial charge in [-0.2, -0.15) is 0 Å². The molecule has 0 aliphatic rings. The highest BCUT2D eigenvalue weighted by atomic mass is 16.5. The summed E-state index contributed by atoms with van der Waals surface area (Å²) in [6.45, 7) is 1.86. The van der Waals surface area contributed by atoms with Crippen LogP contribution in [0.3, 0.4) is 0 Å². The minimum atomic E-state index is -0.202. The smallest absolute Gasteiger partial charge is 0.258 e. The van der Waals surface area contributed by atoms with Gasteiger partial charge in [-0.3, -0.25) is 9.59 Å². The van der Waals surface area contributed by atoms with E-state index in [2.05, 4.69) is 34.9 Å². The summed E-state index contributed by atoms with van der Waals surface area (Å²) < 4.78 is 5.59. The quantitative estimate of drug-likeness (QED) is 0.420. The number of hydrogen-bond acceptors (Lipinski definition) is 3. The SMILES string of the molecule is C[C@@H](NC(=O)COc1ccc(NC(=O)c2ccccc2)cc1)c1ccc2ccccc2c1. The second-order valence-electron chi connectivity index (χ2n) is 7.53. The van der Waals surface area contributed by atoms with Crippen LogP contribution >= 0.6 is 0 Å². The molecule has 0 heterocycles. The topological polar surface area (TPSA) is 67.4 Å². The fourth-order valence-electron chi connectivity index (χ4n) is 3.42. The van der Waals surface area contributed by atoms with E-state index in [4.69, 9.17) is 4.74 Å². The molecule has 2 N–H and O–H groups in total. The van der Waals surface area contributed by atoms with Crippen LogP contribution in [0.5, 0.6) is 5.75 Å². The average Bonchev–Trinajstić information content (AvgIpc) is 2.83. The van der Waals surface area contributed by atoms with Crippen molar-refractivity contribution < 1.29 is 14.3 Å². The molecule has 0 aliphatic heterocycles. The first-order valence-corrected chi connectivity index (χ1v) is 10.5. The van der Waals surface area contributed by atoms with Gasteiger partial charge in [-0.05, 0) is 65.7 Å². The molecule has 1 atom stereocenters. The minimum Gasteiger partial charge on any atom is -0.484 e. The second kappa shape index (κ2) is 9.79. The lowest BCUT2D eigenvalue weighted by atomic mass is 10.0. The van der Waals surface area contributed by atoms with Crippen LogP contribution in [0, 0.1) is 0 Å². The van der Waals surface area contributed by atoms with Crippen LogP contribution in [0.4, 0.5) is 5.69 Å². The van der Waals surface area contributed by atoms with Crippen LogP contribution in [0.25, 0.3) is 10.8 Å². The maximum atomic E-state index is 12.3. The highest BCUT2D eigenvalue weighted by molar-refractivity contribution is 6.04. The molecule has 0 saturated heterocycles. The molecule has 4 aromatic rings. The number of carbonyl (C=O) groups is 2. The van der Waals surface area contributed by atoms with E-state index < -0.39 is 0 Å². The van der Waals surface area contributed by atoms with Crippen molar-refractivity contribution >= 4 is 28.3 Å². The Hall–Kier alpha value is -4.12. The molecule has 0 saturated carbocycles. The predicted octanol–water partition coefficient (Wildman–Crippen LogP) is 5.35. The predicted molar refractivity (Wildman–Crippen MR) is 127 cm³/mol. The largest absolute Gasteiger partial charge is 0.484 e. The highest BCUT2D eigenvalue weighted by Crippen LogP contribution is 2.20. The van der Waals surface area contributed by atoms with Crippen molar-refractivity contribution in [2.75, 3.05) is 11.9 Å². The number of anilines is 1. The Balaban J connectivity index is 1.28. The number of hydrogen-bond donors (Lipinski definition) is 2. The fraction of sp³-hybridized carbons (Fsp3) is 0.111. The normalized spacial score (nSPS) is 11.5. The van der Waals surface area contributed by atoms with Crippen molar-refractivity contribution in [3.05, 3.63) is 108 Å². The van der Waals surface area contributed by atoms with Gasteiger partial charge >= 0.3 is 0 Å². The van der Waals surface area contributed by atoms with Gasteiger partial charge in [0.2, 0.25) is 0 Å². The van der Waals surface area contributed by atoms with Gasteiger partial charge in [0.05, 0.1) is 6.04 Å². The minimum absolute atomic E-state index is 0.0896. The Labute approximate surface area is 187 Å². The van der Waals surface area contributed by atoms with E-state index in [1.807, 2.05) is 43.3 Å². The van der Waals surface area contributed by atoms with Crippen LogP contribution in [-0.2, 0) is 4.79 Å². The van der Waals surface area contributed by atoms with E-state index in [1.165, 1.54) is 5.39 Å². The van der Waals surface area contributed by atoms with Crippen LogP contribution < -0.4 is 15.4 Å². The molecular weight excluding hydrogens is 400 g/mol. The summed E-state index contributed by atoms with van der Waals surface area (Å²) in [6.07, 6.45) is 0. The first-order chi connectivity index (χ1) is 15.6. The third-order valence-corrected chi connectivity index (χ3v) is 5.17. The van der Waals surface area contributed by atoms with Gasteiger partial charge < -0.3 is 15.4 Å². The molecule has 32 heavy (non-hydrogen) atoms. The molecule has 5 nitrogen and oxygen atoms in total. The molecular formula is C27H24N2O3. The van der Waals surface area contributed by atoms with E-state index in [0.717, 1.165) is 10.9 Å². The lowest BCUT2D eigenvalue weighted by Gasteiger charge is -2.15. The number of rotatable bonds is 7. The first-order valence-electron chi connectivity index (χ1n) is 10.5. The molecule has 4 aromatic carbocycles. The Morgan fingerprint density at radius 2 is 1.50 bits per heavy atom. The van der Waals surface area contributed by atoms with Crippen molar-refractivity contribution in [3.63, 3.8) is 0 Å². The number of amides is 2. The van der Waals surface area contributed by atoms with E-state index >= 15 is 0 Å². The van der Waals surface area contributed by atoms with Gasteiger partial charge in [0.15, 0.2) is 6.61 Å². The van der Waals surface area contributed by atoms with Crippen molar-refractivity contribution in [3.8, 4) is 5.75 Å². The molecule has 0 radical (unpaired) electrons. The van der Waals surface area contributed by atoms with E-state index in [9.17, 15) is 9.59 Å². The number of carbonyl (C=O) groups excluding carboxylic acids is 2. The summed E-state index contributed by atoms with van der Waals surface area (Å²) in [7, 11) is 0. The third-order valence-electron chi connectivity index (χ3n) is 5.17. The molecule has 4 rings (SSSR count). The van der Waals surface area contributed by atoms with Gasteiger partial charge in [-0.25, -0.2) is 0 Å². The fourth-order valence-corrected chi connectivity index (χ4v) is 3.42. The summed E-state index contributed by atoms with van der Waals surface area (Å²) in [6, 6.07) is 30.1. The van der Waals surface area contributed by atoms with Crippen LogP contribution in [0.15, 0.2) is 97.1 Å². The molecule has 0 aliphatic carbocycles. The zero-order valence-electron chi connectivity index (χ0n) is 17.7. The van der Waals surface area contributed by atoms with E-state index in [1.54, 1.807) is 36.4 Å². The Kier molecular flexibility index (Phi) is 6.46. The Bertz CT molecular complexity index is 1220. The van der Waals surface area contributed by atoms with E-state index in [0.29, 0.717) is 17.0 Å². The highest BCUT2D eigenvalue weighted by Gasteiger charge is 2.11. The Morgan fingerprint density at radius 3 is 2.25 bits per heavy atom. The van der Waals surface area contributed by atoms with Gasteiger partial charge in [0.1, 0.15) is 5.75 Å². The lowest BCUT2D eigenvalue weighted by molar-refractivity contribution is -0.123. The van der Waals surface area contributed by atoms with Crippen molar-refractivity contribution in [1.29, 1.82) is 0 Å². The maximum absolute atomic E-state index is 12.3. The summed E-state index contributed by atoms with van der Waals surface area (Å²) in [5.74, 6) is 0.171. The molecule has 0 aromatic heterocycles. The standard InChI is InChI=1S/C27H24N2O3/c1-19(22-12-11-20-7-5-6-10-23(20)17-22)28-26(30)18-32-25-15-13-24(14-16-25)29-27(31)21-8-3-2-4-9-21/h2-17,19H,18H2,1H3,(H,28,30)(H,29,31)/t19-/m1/s1. The van der Waals surface area contributed by atoms with Crippen LogP contribution in [0.1, 0.15) is 28.9 Å². The lowest BCUT2D eigenvalue weighted by Crippen LogP contribution is -2.31. The first kappa shape index (κ1) is 21.1. The van der Waals surface area contributed by atoms with Gasteiger partial charge in [0, 0.05) is 11.3 Å². The van der Waals surface area contributed by atoms with Crippen molar-refractivity contribution in [2.45, 2.75) is 13.0 Å². The second-order valence-corrected chi connectivity index (χ2v) is 7.53. The molecule has 0 spiro atoms. The van der Waals surface area contributed by atoms with Gasteiger partial charge in [-0.1, -0.05) is 54.6 Å². The molecule has 2 amide bonds. The number of nitrogens with one attached hydrogen (secondary N) is 2. The van der Waals surface area contributed by atoms with Crippen molar-refractivity contribution in [1.82, 2.24) is 5.32 Å². The number of fused-ring (bicyclic) bond motifs is 1. The molecule has 0 fully saturated rings. The monoisotopic (exact) mass is 424 g/mol.